The number of rotatable bonds is 60. The highest BCUT2D eigenvalue weighted by molar-refractivity contribution is 5.77. The molecule has 18 atom stereocenters. The van der Waals surface area contributed by atoms with Gasteiger partial charge in [0.25, 0.3) is 5.79 Å². The maximum atomic E-state index is 13.5. The number of carboxylic acids is 1. The standard InChI is InChI=1S/C74H138N2O21/c1-4-6-8-10-12-14-16-18-20-21-22-23-24-25-26-27-28-29-30-31-32-34-36-38-40-42-44-46-48-61(84)76-55(56(81)47-45-43-41-39-37-35-33-19-17-15-13-11-9-7-5-2)53-92-71-66(88)65(87)68(60(52-79)94-71)95-72-67(89)70(64(86)59(51-78)93-72)97-74(73(90)91)49-57(82)62(75-54(3)80)69(96-74)63(85)58(83)50-77/h45,47,55-60,62-72,77-79,81-83,85-89H,4-44,46,48-53H2,1-3H3,(H,75,80)(H,76,84)(H,90,91)/b47-45+. The lowest BCUT2D eigenvalue weighted by atomic mass is 9.88. The van der Waals surface area contributed by atoms with Gasteiger partial charge in [-0.2, -0.15) is 0 Å². The molecule has 0 radical (unpaired) electrons. The number of allylic oxidation sites excluding steroid dienone is 1. The summed E-state index contributed by atoms with van der Waals surface area (Å²) in [4.78, 5) is 38.6. The molecule has 3 saturated heterocycles. The Morgan fingerprint density at radius 3 is 1.37 bits per heavy atom. The third kappa shape index (κ3) is 35.5. The van der Waals surface area contributed by atoms with Crippen LogP contribution in [0.25, 0.3) is 0 Å². The summed E-state index contributed by atoms with van der Waals surface area (Å²) in [5, 5.41) is 136. The van der Waals surface area contributed by atoms with Gasteiger partial charge in [-0.1, -0.05) is 276 Å². The maximum Gasteiger partial charge on any atom is 0.364 e. The fourth-order valence-electron chi connectivity index (χ4n) is 13.6. The summed E-state index contributed by atoms with van der Waals surface area (Å²) in [5.74, 6) is -6.13. The quantitative estimate of drug-likeness (QED) is 0.0199. The van der Waals surface area contributed by atoms with E-state index in [1.54, 1.807) is 6.08 Å². The Balaban J connectivity index is 1.51. The third-order valence-electron chi connectivity index (χ3n) is 19.7. The Labute approximate surface area is 581 Å². The number of hydrogen-bond acceptors (Lipinski definition) is 20. The van der Waals surface area contributed by atoms with E-state index < -0.39 is 155 Å². The molecule has 0 spiro atoms. The molecule has 3 heterocycles. The molecule has 3 rings (SSSR count). The highest BCUT2D eigenvalue weighted by atomic mass is 16.8. The van der Waals surface area contributed by atoms with Gasteiger partial charge in [0, 0.05) is 19.8 Å². The van der Waals surface area contributed by atoms with E-state index in [1.165, 1.54) is 212 Å². The van der Waals surface area contributed by atoms with Crippen LogP contribution in [0.5, 0.6) is 0 Å². The molecule has 3 aliphatic heterocycles. The van der Waals surface area contributed by atoms with Crippen molar-refractivity contribution in [2.75, 3.05) is 26.4 Å². The zero-order valence-corrected chi connectivity index (χ0v) is 60.0. The molecule has 23 heteroatoms. The van der Waals surface area contributed by atoms with E-state index in [9.17, 15) is 75.7 Å². The fraction of sp³-hybridized carbons (Fsp3) is 0.932. The molecule has 14 N–H and O–H groups in total. The van der Waals surface area contributed by atoms with Gasteiger partial charge in [-0.05, 0) is 19.3 Å². The van der Waals surface area contributed by atoms with E-state index >= 15 is 0 Å². The highest BCUT2D eigenvalue weighted by Crippen LogP contribution is 2.39. The Morgan fingerprint density at radius 1 is 0.536 bits per heavy atom. The van der Waals surface area contributed by atoms with Crippen LogP contribution < -0.4 is 10.6 Å². The first kappa shape index (κ1) is 88.7. The smallest absolute Gasteiger partial charge is 0.364 e. The molecular formula is C74H138N2O21. The van der Waals surface area contributed by atoms with Crippen LogP contribution in [0.15, 0.2) is 12.2 Å². The van der Waals surface area contributed by atoms with Crippen LogP contribution in [0.2, 0.25) is 0 Å². The van der Waals surface area contributed by atoms with Crippen molar-refractivity contribution in [1.29, 1.82) is 0 Å². The molecule has 18 unspecified atom stereocenters. The molecule has 2 amide bonds. The van der Waals surface area contributed by atoms with Gasteiger partial charge in [-0.15, -0.1) is 0 Å². The van der Waals surface area contributed by atoms with Crippen LogP contribution in [0.1, 0.15) is 303 Å². The van der Waals surface area contributed by atoms with Crippen molar-refractivity contribution in [2.24, 2.45) is 0 Å². The average Bonchev–Trinajstić information content (AvgIpc) is 0.757. The highest BCUT2D eigenvalue weighted by Gasteiger charge is 2.60. The number of amides is 2. The Kier molecular flexibility index (Phi) is 49.5. The van der Waals surface area contributed by atoms with Crippen molar-refractivity contribution in [3.63, 3.8) is 0 Å². The first-order valence-corrected chi connectivity index (χ1v) is 38.6. The molecule has 570 valence electrons. The zero-order valence-electron chi connectivity index (χ0n) is 60.0. The number of hydrogen-bond donors (Lipinski definition) is 14. The number of unbranched alkanes of at least 4 members (excludes halogenated alkanes) is 40. The van der Waals surface area contributed by atoms with Crippen LogP contribution in [0.4, 0.5) is 0 Å². The predicted molar refractivity (Wildman–Crippen MR) is 371 cm³/mol. The molecule has 97 heavy (non-hydrogen) atoms. The van der Waals surface area contributed by atoms with E-state index in [2.05, 4.69) is 24.5 Å². The van der Waals surface area contributed by atoms with E-state index in [1.807, 2.05) is 6.08 Å². The number of ether oxygens (including phenoxy) is 6. The van der Waals surface area contributed by atoms with E-state index in [4.69, 9.17) is 28.4 Å². The van der Waals surface area contributed by atoms with Crippen molar-refractivity contribution in [1.82, 2.24) is 10.6 Å². The minimum Gasteiger partial charge on any atom is -0.477 e. The van der Waals surface area contributed by atoms with Crippen molar-refractivity contribution in [2.45, 2.75) is 413 Å². The summed E-state index contributed by atoms with van der Waals surface area (Å²) in [6.45, 7) is 2.17. The summed E-state index contributed by atoms with van der Waals surface area (Å²) < 4.78 is 34.8. The second kappa shape index (κ2) is 54.2. The van der Waals surface area contributed by atoms with Gasteiger partial charge < -0.3 is 100 Å². The van der Waals surface area contributed by atoms with Gasteiger partial charge in [0.1, 0.15) is 67.1 Å². The van der Waals surface area contributed by atoms with Gasteiger partial charge in [-0.3, -0.25) is 9.59 Å². The normalized spacial score (nSPS) is 27.4. The van der Waals surface area contributed by atoms with E-state index in [-0.39, 0.29) is 12.3 Å². The Hall–Kier alpha value is -2.53. The number of carbonyl (C=O) groups excluding carboxylic acids is 2. The van der Waals surface area contributed by atoms with Crippen LogP contribution in [0, 0.1) is 0 Å². The van der Waals surface area contributed by atoms with Crippen molar-refractivity contribution in [3.8, 4) is 0 Å². The number of aliphatic hydroxyl groups excluding tert-OH is 11. The molecule has 3 fully saturated rings. The van der Waals surface area contributed by atoms with Crippen LogP contribution in [0.3, 0.4) is 0 Å². The van der Waals surface area contributed by atoms with Gasteiger partial charge in [0.2, 0.25) is 11.8 Å². The second-order valence-corrected chi connectivity index (χ2v) is 28.2. The molecule has 23 nitrogen and oxygen atoms in total. The summed E-state index contributed by atoms with van der Waals surface area (Å²) in [6, 6.07) is -2.61. The molecule has 0 aromatic carbocycles. The molecule has 0 aliphatic carbocycles. The van der Waals surface area contributed by atoms with E-state index in [0.717, 1.165) is 51.9 Å². The molecule has 0 aromatic rings. The maximum absolute atomic E-state index is 13.5. The molecule has 0 saturated carbocycles. The number of aliphatic carboxylic acids is 1. The first-order chi connectivity index (χ1) is 46.9. The zero-order chi connectivity index (χ0) is 71.1. The largest absolute Gasteiger partial charge is 0.477 e. The SMILES string of the molecule is CCCCCCCCCCCCCCC/C=C/C(O)C(COC1OC(CO)C(OC2OC(CO)C(O)C(OC3(C(=O)O)CC(O)C(NC(C)=O)C(C(O)C(O)CO)O3)C2O)C(O)C1O)NC(=O)CCCCCCCCCCCCCCCCCCCCCCCCCCCCCC. The second-order valence-electron chi connectivity index (χ2n) is 28.2. The first-order valence-electron chi connectivity index (χ1n) is 38.6. The Bertz CT molecular complexity index is 2000. The summed E-state index contributed by atoms with van der Waals surface area (Å²) in [7, 11) is 0. The molecule has 0 aromatic heterocycles. The number of carboxylic acid groups (broad SMARTS) is 1. The lowest BCUT2D eigenvalue weighted by molar-refractivity contribution is -0.386. The lowest BCUT2D eigenvalue weighted by Gasteiger charge is -2.50. The van der Waals surface area contributed by atoms with Crippen LogP contribution >= 0.6 is 0 Å². The minimum absolute atomic E-state index is 0.205. The number of nitrogens with one attached hydrogen (secondary N) is 2. The Morgan fingerprint density at radius 2 is 0.959 bits per heavy atom. The van der Waals surface area contributed by atoms with Gasteiger partial charge in [0.15, 0.2) is 12.6 Å². The molecular weight excluding hydrogens is 1250 g/mol. The van der Waals surface area contributed by atoms with Crippen LogP contribution in [-0.4, -0.2) is 215 Å². The monoisotopic (exact) mass is 1390 g/mol. The topological polar surface area (TPSA) is 373 Å². The van der Waals surface area contributed by atoms with E-state index in [0.29, 0.717) is 12.8 Å². The lowest BCUT2D eigenvalue weighted by Crippen LogP contribution is -2.70. The minimum atomic E-state index is -3.08. The fourth-order valence-corrected chi connectivity index (χ4v) is 13.6. The number of carbonyl (C=O) groups is 3. The van der Waals surface area contributed by atoms with Gasteiger partial charge >= 0.3 is 5.97 Å². The summed E-state index contributed by atoms with van der Waals surface area (Å²) in [5.41, 5.74) is 0. The average molecular weight is 1390 g/mol. The molecule has 0 bridgehead atoms. The summed E-state index contributed by atoms with van der Waals surface area (Å²) in [6.07, 6.45) is 26.9. The predicted octanol–water partition coefficient (Wildman–Crippen LogP) is 9.02. The van der Waals surface area contributed by atoms with Gasteiger partial charge in [0.05, 0.1) is 50.7 Å². The molecule has 3 aliphatic rings. The van der Waals surface area contributed by atoms with Crippen LogP contribution in [-0.2, 0) is 42.8 Å². The van der Waals surface area contributed by atoms with Crippen molar-refractivity contribution >= 4 is 17.8 Å². The third-order valence-corrected chi connectivity index (χ3v) is 19.7. The van der Waals surface area contributed by atoms with Crippen molar-refractivity contribution in [3.05, 3.63) is 12.2 Å². The van der Waals surface area contributed by atoms with Crippen molar-refractivity contribution < 1.29 is 104 Å². The van der Waals surface area contributed by atoms with Gasteiger partial charge in [-0.25, -0.2) is 4.79 Å². The number of aliphatic hydroxyl groups is 11. The summed E-state index contributed by atoms with van der Waals surface area (Å²) >= 11 is 0.